The standard InChI is InChI=1S/C17H17FN6O2/c1-10-6-14(19-2)23-17(21-10)22-12-4-5-13(26-3)16(15(12)18)24-8-11(9-25)7-20-24/h4-9H,1-3H3,(H2,19,21,22,23). The summed E-state index contributed by atoms with van der Waals surface area (Å²) in [6, 6.07) is 4.88. The number of hydrogen-bond acceptors (Lipinski definition) is 7. The Bertz CT molecular complexity index is 956. The summed E-state index contributed by atoms with van der Waals surface area (Å²) in [5.41, 5.74) is 1.28. The first-order chi connectivity index (χ1) is 12.5. The lowest BCUT2D eigenvalue weighted by Gasteiger charge is -2.14. The van der Waals surface area contributed by atoms with E-state index in [4.69, 9.17) is 4.74 Å². The van der Waals surface area contributed by atoms with Crippen molar-refractivity contribution < 1.29 is 13.9 Å². The Morgan fingerprint density at radius 3 is 2.77 bits per heavy atom. The van der Waals surface area contributed by atoms with Gasteiger partial charge in [-0.1, -0.05) is 0 Å². The Hall–Kier alpha value is -3.49. The van der Waals surface area contributed by atoms with Gasteiger partial charge >= 0.3 is 0 Å². The first-order valence-corrected chi connectivity index (χ1v) is 7.73. The average Bonchev–Trinajstić information content (AvgIpc) is 3.11. The van der Waals surface area contributed by atoms with Gasteiger partial charge in [-0.2, -0.15) is 10.1 Å². The topological polar surface area (TPSA) is 94.0 Å². The van der Waals surface area contributed by atoms with E-state index < -0.39 is 5.82 Å². The molecule has 0 saturated carbocycles. The molecule has 0 aliphatic rings. The fourth-order valence-electron chi connectivity index (χ4n) is 2.41. The summed E-state index contributed by atoms with van der Waals surface area (Å²) in [7, 11) is 3.17. The average molecular weight is 356 g/mol. The number of anilines is 3. The Morgan fingerprint density at radius 2 is 2.12 bits per heavy atom. The smallest absolute Gasteiger partial charge is 0.229 e. The number of aryl methyl sites for hydroxylation is 1. The molecule has 8 nitrogen and oxygen atoms in total. The molecule has 3 aromatic rings. The zero-order valence-electron chi connectivity index (χ0n) is 14.4. The number of aromatic nitrogens is 4. The lowest BCUT2D eigenvalue weighted by atomic mass is 10.2. The van der Waals surface area contributed by atoms with E-state index in [0.29, 0.717) is 17.7 Å². The van der Waals surface area contributed by atoms with Crippen molar-refractivity contribution in [3.05, 3.63) is 47.7 Å². The van der Waals surface area contributed by atoms with Crippen LogP contribution in [-0.4, -0.2) is 40.2 Å². The predicted molar refractivity (Wildman–Crippen MR) is 95.1 cm³/mol. The third-order valence-electron chi connectivity index (χ3n) is 3.62. The van der Waals surface area contributed by atoms with Crippen LogP contribution in [0, 0.1) is 12.7 Å². The van der Waals surface area contributed by atoms with Crippen LogP contribution in [0.5, 0.6) is 5.75 Å². The molecule has 2 N–H and O–H groups in total. The first-order valence-electron chi connectivity index (χ1n) is 7.73. The highest BCUT2D eigenvalue weighted by Crippen LogP contribution is 2.32. The van der Waals surface area contributed by atoms with Crippen molar-refractivity contribution in [2.45, 2.75) is 6.92 Å². The number of nitrogens with zero attached hydrogens (tertiary/aromatic N) is 4. The number of hydrogen-bond donors (Lipinski definition) is 2. The lowest BCUT2D eigenvalue weighted by molar-refractivity contribution is 0.112. The molecule has 9 heteroatoms. The van der Waals surface area contributed by atoms with Gasteiger partial charge in [0.1, 0.15) is 17.3 Å². The van der Waals surface area contributed by atoms with Crippen LogP contribution in [0.4, 0.5) is 21.8 Å². The molecule has 0 radical (unpaired) electrons. The molecule has 2 heterocycles. The number of rotatable bonds is 6. The molecule has 0 spiro atoms. The molecule has 0 amide bonds. The number of carbonyl (C=O) groups is 1. The number of halogens is 1. The molecule has 1 aromatic carbocycles. The van der Waals surface area contributed by atoms with Gasteiger partial charge < -0.3 is 15.4 Å². The van der Waals surface area contributed by atoms with Crippen LogP contribution in [-0.2, 0) is 0 Å². The highest BCUT2D eigenvalue weighted by atomic mass is 19.1. The van der Waals surface area contributed by atoms with Gasteiger partial charge in [0.05, 0.1) is 24.6 Å². The summed E-state index contributed by atoms with van der Waals surface area (Å²) in [5, 5.41) is 9.80. The number of nitrogens with one attached hydrogen (secondary N) is 2. The van der Waals surface area contributed by atoms with Crippen LogP contribution < -0.4 is 15.4 Å². The van der Waals surface area contributed by atoms with Gasteiger partial charge in [0, 0.05) is 25.0 Å². The largest absolute Gasteiger partial charge is 0.494 e. The minimum Gasteiger partial charge on any atom is -0.494 e. The molecule has 2 aromatic heterocycles. The predicted octanol–water partition coefficient (Wildman–Crippen LogP) is 2.72. The second-order valence-corrected chi connectivity index (χ2v) is 5.41. The van der Waals surface area contributed by atoms with E-state index in [1.54, 1.807) is 19.2 Å². The second kappa shape index (κ2) is 7.18. The summed E-state index contributed by atoms with van der Waals surface area (Å²) in [6.45, 7) is 1.81. The second-order valence-electron chi connectivity index (χ2n) is 5.41. The lowest BCUT2D eigenvalue weighted by Crippen LogP contribution is -2.07. The molecule has 0 aliphatic carbocycles. The van der Waals surface area contributed by atoms with Gasteiger partial charge in [0.2, 0.25) is 5.95 Å². The molecule has 0 fully saturated rings. The van der Waals surface area contributed by atoms with E-state index in [1.165, 1.54) is 30.3 Å². The summed E-state index contributed by atoms with van der Waals surface area (Å²) >= 11 is 0. The maximum absolute atomic E-state index is 15.1. The Kier molecular flexibility index (Phi) is 4.78. The minimum atomic E-state index is -0.610. The third kappa shape index (κ3) is 3.32. The van der Waals surface area contributed by atoms with E-state index in [1.807, 2.05) is 6.92 Å². The zero-order valence-corrected chi connectivity index (χ0v) is 14.4. The number of aldehydes is 1. The van der Waals surface area contributed by atoms with Gasteiger partial charge in [-0.05, 0) is 19.1 Å². The van der Waals surface area contributed by atoms with E-state index in [2.05, 4.69) is 25.7 Å². The maximum atomic E-state index is 15.1. The van der Waals surface area contributed by atoms with Crippen molar-refractivity contribution in [2.24, 2.45) is 0 Å². The van der Waals surface area contributed by atoms with Crippen LogP contribution >= 0.6 is 0 Å². The van der Waals surface area contributed by atoms with E-state index in [9.17, 15) is 4.79 Å². The molecular formula is C17H17FN6O2. The molecule has 26 heavy (non-hydrogen) atoms. The van der Waals surface area contributed by atoms with Crippen molar-refractivity contribution in [3.8, 4) is 11.4 Å². The van der Waals surface area contributed by atoms with Crippen molar-refractivity contribution >= 4 is 23.7 Å². The fourth-order valence-corrected chi connectivity index (χ4v) is 2.41. The van der Waals surface area contributed by atoms with Crippen LogP contribution in [0.2, 0.25) is 0 Å². The zero-order chi connectivity index (χ0) is 18.7. The summed E-state index contributed by atoms with van der Waals surface area (Å²) in [4.78, 5) is 19.4. The highest BCUT2D eigenvalue weighted by Gasteiger charge is 2.18. The van der Waals surface area contributed by atoms with Crippen molar-refractivity contribution in [1.82, 2.24) is 19.7 Å². The number of benzene rings is 1. The molecule has 0 bridgehead atoms. The molecule has 0 aliphatic heterocycles. The van der Waals surface area contributed by atoms with Gasteiger partial charge in [0.25, 0.3) is 0 Å². The third-order valence-corrected chi connectivity index (χ3v) is 3.62. The molecule has 0 saturated heterocycles. The van der Waals surface area contributed by atoms with Crippen LogP contribution in [0.25, 0.3) is 5.69 Å². The van der Waals surface area contributed by atoms with Crippen LogP contribution in [0.1, 0.15) is 16.1 Å². The number of carbonyl (C=O) groups excluding carboxylic acids is 1. The number of ether oxygens (including phenoxy) is 1. The van der Waals surface area contributed by atoms with Crippen LogP contribution in [0.15, 0.2) is 30.6 Å². The SMILES string of the molecule is CNc1cc(C)nc(Nc2ccc(OC)c(-n3cc(C=O)cn3)c2F)n1. The molecule has 0 atom stereocenters. The first kappa shape index (κ1) is 17.3. The Balaban J connectivity index is 2.05. The fraction of sp³-hybridized carbons (Fsp3) is 0.176. The molecule has 134 valence electrons. The monoisotopic (exact) mass is 356 g/mol. The molecule has 3 rings (SSSR count). The summed E-state index contributed by atoms with van der Waals surface area (Å²) < 4.78 is 21.6. The summed E-state index contributed by atoms with van der Waals surface area (Å²) in [5.74, 6) is 0.519. The van der Waals surface area contributed by atoms with Gasteiger partial charge in [-0.3, -0.25) is 4.79 Å². The molecular weight excluding hydrogens is 339 g/mol. The Morgan fingerprint density at radius 1 is 1.31 bits per heavy atom. The number of methoxy groups -OCH3 is 1. The van der Waals surface area contributed by atoms with Crippen molar-refractivity contribution in [1.29, 1.82) is 0 Å². The van der Waals surface area contributed by atoms with Gasteiger partial charge in [0.15, 0.2) is 12.1 Å². The highest BCUT2D eigenvalue weighted by molar-refractivity contribution is 5.74. The molecule has 0 unspecified atom stereocenters. The van der Waals surface area contributed by atoms with Crippen LogP contribution in [0.3, 0.4) is 0 Å². The summed E-state index contributed by atoms with van der Waals surface area (Å²) in [6.07, 6.45) is 3.39. The van der Waals surface area contributed by atoms with E-state index in [-0.39, 0.29) is 23.1 Å². The van der Waals surface area contributed by atoms with E-state index >= 15 is 4.39 Å². The quantitative estimate of drug-likeness (QED) is 0.656. The normalized spacial score (nSPS) is 10.5. The van der Waals surface area contributed by atoms with E-state index in [0.717, 1.165) is 5.69 Å². The van der Waals surface area contributed by atoms with Crippen molar-refractivity contribution in [3.63, 3.8) is 0 Å². The van der Waals surface area contributed by atoms with Gasteiger partial charge in [-0.15, -0.1) is 0 Å². The maximum Gasteiger partial charge on any atom is 0.229 e. The minimum absolute atomic E-state index is 0.0760. The Labute approximate surface area is 149 Å². The van der Waals surface area contributed by atoms with Crippen molar-refractivity contribution in [2.75, 3.05) is 24.8 Å². The van der Waals surface area contributed by atoms with Gasteiger partial charge in [-0.25, -0.2) is 14.1 Å².